The van der Waals surface area contributed by atoms with Crippen molar-refractivity contribution >= 4 is 18.2 Å². The predicted octanol–water partition coefficient (Wildman–Crippen LogP) is 3.84. The fraction of sp³-hybridized carbons (Fsp3) is 0.480. The van der Waals surface area contributed by atoms with Crippen LogP contribution in [0.2, 0.25) is 0 Å². The molecular weight excluding hydrogens is 412 g/mol. The summed E-state index contributed by atoms with van der Waals surface area (Å²) < 4.78 is 11.5. The second-order valence-electron chi connectivity index (χ2n) is 7.91. The highest BCUT2D eigenvalue weighted by molar-refractivity contribution is 5.85. The lowest BCUT2D eigenvalue weighted by atomic mass is 10.1. The SMILES string of the molecule is CC(=O)CCc1ccc(OCCOCCN2CCN(Cc3ccccc3)CC2)cc1.Cl. The number of Topliss-reactive ketones (excluding diaryl/α,β-unsaturated/α-hetero) is 1. The van der Waals surface area contributed by atoms with E-state index in [1.54, 1.807) is 6.92 Å². The van der Waals surface area contributed by atoms with Crippen LogP contribution in [0.4, 0.5) is 0 Å². The second kappa shape index (κ2) is 14.2. The number of hydrogen-bond donors (Lipinski definition) is 0. The number of benzene rings is 2. The molecule has 1 saturated heterocycles. The predicted molar refractivity (Wildman–Crippen MR) is 127 cm³/mol. The lowest BCUT2D eigenvalue weighted by Crippen LogP contribution is -2.46. The average Bonchev–Trinajstić information content (AvgIpc) is 2.77. The van der Waals surface area contributed by atoms with Crippen LogP contribution in [0.3, 0.4) is 0 Å². The van der Waals surface area contributed by atoms with E-state index in [4.69, 9.17) is 9.47 Å². The normalized spacial score (nSPS) is 14.7. The van der Waals surface area contributed by atoms with Crippen molar-refractivity contribution < 1.29 is 14.3 Å². The summed E-state index contributed by atoms with van der Waals surface area (Å²) in [5, 5.41) is 0. The van der Waals surface area contributed by atoms with Crippen LogP contribution in [0, 0.1) is 0 Å². The van der Waals surface area contributed by atoms with Gasteiger partial charge in [0.1, 0.15) is 18.1 Å². The molecule has 0 spiro atoms. The number of carbonyl (C=O) groups excluding carboxylic acids is 1. The first-order valence-electron chi connectivity index (χ1n) is 11.0. The Labute approximate surface area is 192 Å². The topological polar surface area (TPSA) is 42.0 Å². The molecule has 2 aromatic rings. The van der Waals surface area contributed by atoms with Crippen molar-refractivity contribution in [1.82, 2.24) is 9.80 Å². The van der Waals surface area contributed by atoms with E-state index in [1.807, 2.05) is 24.3 Å². The zero-order valence-corrected chi connectivity index (χ0v) is 19.3. The Kier molecular flexibility index (Phi) is 11.6. The van der Waals surface area contributed by atoms with Crippen molar-refractivity contribution in [2.75, 3.05) is 52.5 Å². The Morgan fingerprint density at radius 2 is 1.52 bits per heavy atom. The molecule has 6 heteroatoms. The first-order valence-corrected chi connectivity index (χ1v) is 11.0. The summed E-state index contributed by atoms with van der Waals surface area (Å²) in [6.07, 6.45) is 1.38. The van der Waals surface area contributed by atoms with E-state index in [0.717, 1.165) is 63.6 Å². The Balaban J connectivity index is 0.00000341. The van der Waals surface area contributed by atoms with Gasteiger partial charge >= 0.3 is 0 Å². The molecule has 0 aromatic heterocycles. The van der Waals surface area contributed by atoms with Gasteiger partial charge in [0.15, 0.2) is 0 Å². The summed E-state index contributed by atoms with van der Waals surface area (Å²) in [7, 11) is 0. The number of rotatable bonds is 12. The van der Waals surface area contributed by atoms with Crippen LogP contribution in [0.15, 0.2) is 54.6 Å². The molecule has 0 amide bonds. The average molecular weight is 447 g/mol. The van der Waals surface area contributed by atoms with Crippen molar-refractivity contribution in [3.05, 3.63) is 65.7 Å². The van der Waals surface area contributed by atoms with Crippen LogP contribution < -0.4 is 4.74 Å². The third kappa shape index (κ3) is 9.83. The van der Waals surface area contributed by atoms with Crippen LogP contribution >= 0.6 is 12.4 Å². The van der Waals surface area contributed by atoms with Gasteiger partial charge in [-0.1, -0.05) is 42.5 Å². The maximum absolute atomic E-state index is 11.1. The fourth-order valence-electron chi connectivity index (χ4n) is 3.60. The number of ketones is 1. The molecule has 170 valence electrons. The van der Waals surface area contributed by atoms with Gasteiger partial charge in [0, 0.05) is 45.7 Å². The third-order valence-corrected chi connectivity index (χ3v) is 5.45. The number of nitrogens with zero attached hydrogens (tertiary/aromatic N) is 2. The van der Waals surface area contributed by atoms with E-state index in [0.29, 0.717) is 19.6 Å². The molecular formula is C25H35ClN2O3. The molecule has 0 unspecified atom stereocenters. The smallest absolute Gasteiger partial charge is 0.130 e. The Morgan fingerprint density at radius 3 is 2.19 bits per heavy atom. The molecule has 0 saturated carbocycles. The molecule has 5 nitrogen and oxygen atoms in total. The van der Waals surface area contributed by atoms with Crippen LogP contribution in [0.25, 0.3) is 0 Å². The molecule has 0 aliphatic carbocycles. The van der Waals surface area contributed by atoms with E-state index >= 15 is 0 Å². The first kappa shape index (κ1) is 25.3. The molecule has 0 bridgehead atoms. The fourth-order valence-corrected chi connectivity index (χ4v) is 3.60. The van der Waals surface area contributed by atoms with Gasteiger partial charge in [-0.05, 0) is 36.6 Å². The monoisotopic (exact) mass is 446 g/mol. The minimum Gasteiger partial charge on any atom is -0.491 e. The molecule has 1 aliphatic heterocycles. The zero-order chi connectivity index (χ0) is 21.0. The third-order valence-electron chi connectivity index (χ3n) is 5.45. The number of halogens is 1. The van der Waals surface area contributed by atoms with Crippen LogP contribution in [0.5, 0.6) is 5.75 Å². The highest BCUT2D eigenvalue weighted by Gasteiger charge is 2.16. The summed E-state index contributed by atoms with van der Waals surface area (Å²) in [5.74, 6) is 1.07. The van der Waals surface area contributed by atoms with Gasteiger partial charge < -0.3 is 14.3 Å². The van der Waals surface area contributed by atoms with Crippen LogP contribution in [-0.4, -0.2) is 68.1 Å². The summed E-state index contributed by atoms with van der Waals surface area (Å²) in [4.78, 5) is 16.0. The maximum atomic E-state index is 11.1. The summed E-state index contributed by atoms with van der Waals surface area (Å²) in [5.41, 5.74) is 2.55. The quantitative estimate of drug-likeness (QED) is 0.463. The van der Waals surface area contributed by atoms with Crippen LogP contribution in [0.1, 0.15) is 24.5 Å². The van der Waals surface area contributed by atoms with Crippen molar-refractivity contribution in [2.45, 2.75) is 26.3 Å². The second-order valence-corrected chi connectivity index (χ2v) is 7.91. The van der Waals surface area contributed by atoms with E-state index in [2.05, 4.69) is 40.1 Å². The van der Waals surface area contributed by atoms with Crippen molar-refractivity contribution in [1.29, 1.82) is 0 Å². The lowest BCUT2D eigenvalue weighted by molar-refractivity contribution is -0.116. The van der Waals surface area contributed by atoms with Gasteiger partial charge in [0.05, 0.1) is 13.2 Å². The van der Waals surface area contributed by atoms with Crippen molar-refractivity contribution in [3.63, 3.8) is 0 Å². The molecule has 1 fully saturated rings. The molecule has 31 heavy (non-hydrogen) atoms. The summed E-state index contributed by atoms with van der Waals surface area (Å²) >= 11 is 0. The first-order chi connectivity index (χ1) is 14.7. The number of ether oxygens (including phenoxy) is 2. The van der Waals surface area contributed by atoms with E-state index in [1.165, 1.54) is 5.56 Å². The lowest BCUT2D eigenvalue weighted by Gasteiger charge is -2.34. The van der Waals surface area contributed by atoms with Gasteiger partial charge in [0.2, 0.25) is 0 Å². The minimum absolute atomic E-state index is 0. The Morgan fingerprint density at radius 1 is 0.839 bits per heavy atom. The van der Waals surface area contributed by atoms with Crippen molar-refractivity contribution in [2.24, 2.45) is 0 Å². The number of carbonyl (C=O) groups is 1. The van der Waals surface area contributed by atoms with Gasteiger partial charge in [0.25, 0.3) is 0 Å². The number of piperazine rings is 1. The highest BCUT2D eigenvalue weighted by atomic mass is 35.5. The molecule has 1 aliphatic rings. The molecule has 1 heterocycles. The largest absolute Gasteiger partial charge is 0.491 e. The molecule has 3 rings (SSSR count). The van der Waals surface area contributed by atoms with E-state index < -0.39 is 0 Å². The highest BCUT2D eigenvalue weighted by Crippen LogP contribution is 2.13. The van der Waals surface area contributed by atoms with Crippen LogP contribution in [-0.2, 0) is 22.5 Å². The van der Waals surface area contributed by atoms with Crippen molar-refractivity contribution in [3.8, 4) is 5.75 Å². The molecule has 0 atom stereocenters. The van der Waals surface area contributed by atoms with E-state index in [-0.39, 0.29) is 18.2 Å². The van der Waals surface area contributed by atoms with Gasteiger partial charge in [-0.3, -0.25) is 9.80 Å². The maximum Gasteiger partial charge on any atom is 0.130 e. The standard InChI is InChI=1S/C25H34N2O3.ClH/c1-22(28)7-8-23-9-11-25(12-10-23)30-20-19-29-18-17-26-13-15-27(16-14-26)21-24-5-3-2-4-6-24;/h2-6,9-12H,7-8,13-21H2,1H3;1H. The summed E-state index contributed by atoms with van der Waals surface area (Å²) in [6.45, 7) is 9.96. The zero-order valence-electron chi connectivity index (χ0n) is 18.5. The molecule has 0 radical (unpaired) electrons. The molecule has 0 N–H and O–H groups in total. The minimum atomic E-state index is 0. The number of hydrogen-bond acceptors (Lipinski definition) is 5. The van der Waals surface area contributed by atoms with Gasteiger partial charge in [-0.2, -0.15) is 0 Å². The van der Waals surface area contributed by atoms with Gasteiger partial charge in [-0.25, -0.2) is 0 Å². The Hall–Kier alpha value is -1.92. The number of aryl methyl sites for hydroxylation is 1. The summed E-state index contributed by atoms with van der Waals surface area (Å²) in [6, 6.07) is 18.7. The molecule has 2 aromatic carbocycles. The van der Waals surface area contributed by atoms with Gasteiger partial charge in [-0.15, -0.1) is 12.4 Å². The Bertz CT molecular complexity index is 747. The van der Waals surface area contributed by atoms with E-state index in [9.17, 15) is 4.79 Å².